The summed E-state index contributed by atoms with van der Waals surface area (Å²) in [5.74, 6) is -0.385. The molecule has 8 rings (SSSR count). The van der Waals surface area contributed by atoms with Crippen molar-refractivity contribution in [1.82, 2.24) is 0 Å². The third-order valence-corrected chi connectivity index (χ3v) is 11.0. The van der Waals surface area contributed by atoms with E-state index in [-0.39, 0.29) is 56.7 Å². The van der Waals surface area contributed by atoms with E-state index in [2.05, 4.69) is 0 Å². The van der Waals surface area contributed by atoms with Crippen LogP contribution in [-0.2, 0) is 68.1 Å². The number of ketones is 1. The number of phenolic OH excluding ortho intramolecular Hbond substituents is 1. The molecule has 66 heavy (non-hydrogen) atoms. The number of aromatic hydroxyl groups is 1. The number of ether oxygens (including phenoxy) is 8. The monoisotopic (exact) mass is 886 g/mol. The van der Waals surface area contributed by atoms with Gasteiger partial charge in [-0.25, -0.2) is 0 Å². The first-order valence-electron chi connectivity index (χ1n) is 22.1. The van der Waals surface area contributed by atoms with Crippen LogP contribution in [0.3, 0.4) is 0 Å². The highest BCUT2D eigenvalue weighted by molar-refractivity contribution is 6.02. The van der Waals surface area contributed by atoms with Crippen LogP contribution >= 0.6 is 0 Å². The van der Waals surface area contributed by atoms with E-state index in [1.54, 1.807) is 6.07 Å². The van der Waals surface area contributed by atoms with Crippen LogP contribution in [0.4, 0.5) is 0 Å². The first-order chi connectivity index (χ1) is 32.6. The Bertz CT molecular complexity index is 2490. The topological polar surface area (TPSA) is 111 Å². The van der Waals surface area contributed by atoms with Crippen molar-refractivity contribution in [3.8, 4) is 17.2 Å². The van der Waals surface area contributed by atoms with Crippen LogP contribution in [0.5, 0.6) is 17.2 Å². The van der Waals surface area contributed by atoms with Gasteiger partial charge in [-0.1, -0.05) is 182 Å². The number of rotatable bonds is 23. The van der Waals surface area contributed by atoms with Crippen molar-refractivity contribution in [2.45, 2.75) is 70.3 Å². The summed E-state index contributed by atoms with van der Waals surface area (Å²) in [6, 6.07) is 61.7. The second-order valence-electron chi connectivity index (χ2n) is 15.9. The lowest BCUT2D eigenvalue weighted by atomic mass is 9.97. The highest BCUT2D eigenvalue weighted by Crippen LogP contribution is 2.36. The molecule has 1 heterocycles. The van der Waals surface area contributed by atoms with Gasteiger partial charge in [0.2, 0.25) is 0 Å². The Morgan fingerprint density at radius 2 is 0.864 bits per heavy atom. The number of Topliss-reactive ketones (excluding diaryl/α,β-unsaturated/α-hetero) is 1. The Kier molecular flexibility index (Phi) is 16.7. The number of carbonyl (C=O) groups excluding carboxylic acids is 1. The van der Waals surface area contributed by atoms with Crippen LogP contribution in [0.15, 0.2) is 194 Å². The molecule has 0 aromatic heterocycles. The molecule has 10 heteroatoms. The summed E-state index contributed by atoms with van der Waals surface area (Å²) in [6.07, 6.45) is -4.25. The molecule has 7 aromatic rings. The van der Waals surface area contributed by atoms with Gasteiger partial charge in [-0.15, -0.1) is 0 Å². The molecule has 1 aliphatic heterocycles. The zero-order chi connectivity index (χ0) is 45.2. The molecule has 1 saturated heterocycles. The Morgan fingerprint density at radius 3 is 1.35 bits per heavy atom. The molecule has 0 saturated carbocycles. The molecular weight excluding hydrogens is 833 g/mol. The maximum atomic E-state index is 14.5. The smallest absolute Gasteiger partial charge is 0.196 e. The van der Waals surface area contributed by atoms with Gasteiger partial charge in [0.05, 0.1) is 33.0 Å². The lowest BCUT2D eigenvalue weighted by Gasteiger charge is -2.45. The Morgan fingerprint density at radius 1 is 0.455 bits per heavy atom. The number of hydrogen-bond acceptors (Lipinski definition) is 10. The summed E-state index contributed by atoms with van der Waals surface area (Å²) in [4.78, 5) is 14.5. The molecule has 0 aliphatic carbocycles. The predicted molar refractivity (Wildman–Crippen MR) is 250 cm³/mol. The minimum atomic E-state index is -1.15. The van der Waals surface area contributed by atoms with E-state index < -0.39 is 43.1 Å². The minimum Gasteiger partial charge on any atom is -0.507 e. The maximum Gasteiger partial charge on any atom is 0.196 e. The van der Waals surface area contributed by atoms with E-state index in [0.717, 1.165) is 33.4 Å². The number of carbonyl (C=O) groups is 1. The molecule has 7 aromatic carbocycles. The summed E-state index contributed by atoms with van der Waals surface area (Å²) in [5, 5.41) is 11.5. The molecule has 0 spiro atoms. The van der Waals surface area contributed by atoms with Gasteiger partial charge in [-0.2, -0.15) is 0 Å². The van der Waals surface area contributed by atoms with Crippen molar-refractivity contribution in [1.29, 1.82) is 0 Å². The number of phenols is 1. The van der Waals surface area contributed by atoms with E-state index in [0.29, 0.717) is 12.4 Å². The summed E-state index contributed by atoms with van der Waals surface area (Å²) in [5.41, 5.74) is 5.60. The molecule has 1 N–H and O–H groups in total. The van der Waals surface area contributed by atoms with Gasteiger partial charge in [0.1, 0.15) is 67.0 Å². The van der Waals surface area contributed by atoms with Crippen molar-refractivity contribution in [2.75, 3.05) is 13.2 Å². The van der Waals surface area contributed by atoms with Crippen LogP contribution in [0, 0.1) is 0 Å². The Balaban J connectivity index is 1.09. The number of benzene rings is 7. The average molecular weight is 887 g/mol. The highest BCUT2D eigenvalue weighted by Gasteiger charge is 2.49. The molecule has 0 amide bonds. The average Bonchev–Trinajstić information content (AvgIpc) is 3.37. The summed E-state index contributed by atoms with van der Waals surface area (Å²) < 4.78 is 52.3. The van der Waals surface area contributed by atoms with E-state index in [9.17, 15) is 9.90 Å². The van der Waals surface area contributed by atoms with Crippen molar-refractivity contribution < 1.29 is 47.8 Å². The standard InChI is InChI=1S/C56H54O10/c57-48-31-47(60-34-42-21-9-2-10-22-42)32-50(61-35-43-23-11-3-12-24-43)52(48)49(58)39-65-56-55(64-38-46-29-17-6-18-30-46)54(63-37-45-27-15-5-16-28-45)53(62-36-44-25-13-4-14-26-44)51(66-56)40-59-33-41-19-7-1-8-20-41/h1-32,51,53-57H,33-40H2/t51-,53-,54+,55-,56-/m1/s1. The second-order valence-corrected chi connectivity index (χ2v) is 15.9. The van der Waals surface area contributed by atoms with E-state index in [1.807, 2.05) is 182 Å². The lowest BCUT2D eigenvalue weighted by molar-refractivity contribution is -0.326. The second kappa shape index (κ2) is 24.1. The molecule has 5 atom stereocenters. The quantitative estimate of drug-likeness (QED) is 0.0624. The molecule has 1 fully saturated rings. The van der Waals surface area contributed by atoms with Gasteiger partial charge in [-0.05, 0) is 33.4 Å². The molecule has 0 radical (unpaired) electrons. The molecular formula is C56H54O10. The van der Waals surface area contributed by atoms with Crippen molar-refractivity contribution in [3.05, 3.63) is 233 Å². The maximum absolute atomic E-state index is 14.5. The SMILES string of the molecule is O=C(CO[C@@H]1O[C@H](COCc2ccccc2)[C@@H](OCc2ccccc2)[C@H](OCc2ccccc2)[C@H]1OCc1ccccc1)c1c(O)cc(OCc2ccccc2)cc1OCc1ccccc1. The van der Waals surface area contributed by atoms with Crippen molar-refractivity contribution in [3.63, 3.8) is 0 Å². The predicted octanol–water partition coefficient (Wildman–Crippen LogP) is 10.4. The summed E-state index contributed by atoms with van der Waals surface area (Å²) in [6.45, 7) is 1.01. The summed E-state index contributed by atoms with van der Waals surface area (Å²) in [7, 11) is 0. The zero-order valence-corrected chi connectivity index (χ0v) is 36.6. The fraction of sp³-hybridized carbons (Fsp3) is 0.232. The van der Waals surface area contributed by atoms with Crippen LogP contribution in [0.25, 0.3) is 0 Å². The third-order valence-electron chi connectivity index (χ3n) is 11.0. The molecule has 1 aliphatic rings. The van der Waals surface area contributed by atoms with E-state index in [4.69, 9.17) is 37.9 Å². The minimum absolute atomic E-state index is 0.0563. The molecule has 0 unspecified atom stereocenters. The zero-order valence-electron chi connectivity index (χ0n) is 36.6. The fourth-order valence-corrected chi connectivity index (χ4v) is 7.64. The van der Waals surface area contributed by atoms with Gasteiger partial charge < -0.3 is 43.0 Å². The van der Waals surface area contributed by atoms with Gasteiger partial charge >= 0.3 is 0 Å². The first-order valence-corrected chi connectivity index (χ1v) is 22.1. The van der Waals surface area contributed by atoms with Crippen LogP contribution in [-0.4, -0.2) is 54.8 Å². The highest BCUT2D eigenvalue weighted by atomic mass is 16.7. The largest absolute Gasteiger partial charge is 0.507 e. The molecule has 338 valence electrons. The van der Waals surface area contributed by atoms with E-state index >= 15 is 0 Å². The first kappa shape index (κ1) is 45.9. The van der Waals surface area contributed by atoms with Crippen LogP contribution in [0.1, 0.15) is 43.7 Å². The third kappa shape index (κ3) is 13.2. The molecule has 0 bridgehead atoms. The van der Waals surface area contributed by atoms with Gasteiger partial charge in [0.15, 0.2) is 12.1 Å². The number of hydrogen-bond donors (Lipinski definition) is 1. The van der Waals surface area contributed by atoms with Crippen LogP contribution < -0.4 is 9.47 Å². The van der Waals surface area contributed by atoms with E-state index in [1.165, 1.54) is 6.07 Å². The van der Waals surface area contributed by atoms with Gasteiger partial charge in [0, 0.05) is 12.1 Å². The normalized spacial score (nSPS) is 18.1. The Labute approximate surface area is 386 Å². The lowest BCUT2D eigenvalue weighted by Crippen LogP contribution is -2.62. The fourth-order valence-electron chi connectivity index (χ4n) is 7.64. The Hall–Kier alpha value is -6.63. The van der Waals surface area contributed by atoms with Crippen LogP contribution in [0.2, 0.25) is 0 Å². The van der Waals surface area contributed by atoms with Crippen molar-refractivity contribution >= 4 is 5.78 Å². The summed E-state index contributed by atoms with van der Waals surface area (Å²) >= 11 is 0. The van der Waals surface area contributed by atoms with Gasteiger partial charge in [0.25, 0.3) is 0 Å². The molecule has 10 nitrogen and oxygen atoms in total. The van der Waals surface area contributed by atoms with Gasteiger partial charge in [-0.3, -0.25) is 4.79 Å². The van der Waals surface area contributed by atoms with Crippen molar-refractivity contribution in [2.24, 2.45) is 0 Å².